The number of nitrogens with two attached hydrogens (primary N) is 1. The van der Waals surface area contributed by atoms with Crippen molar-refractivity contribution >= 4 is 17.5 Å². The van der Waals surface area contributed by atoms with Gasteiger partial charge in [0.05, 0.1) is 0 Å². The molecule has 4 aliphatic carbocycles. The molecular weight excluding hydrogens is 366 g/mol. The SMILES string of the molecule is NCCNC(=O)c1cn2c(C(=O)NCC34CC5CC(CC(C5)C3)C4)cccc2n1. The molecule has 4 saturated carbocycles. The molecule has 7 nitrogen and oxygen atoms in total. The zero-order valence-electron chi connectivity index (χ0n) is 16.7. The normalized spacial score (nSPS) is 29.9. The van der Waals surface area contributed by atoms with E-state index in [4.69, 9.17) is 5.73 Å². The second-order valence-electron chi connectivity index (χ2n) is 9.41. The Bertz CT molecular complexity index is 915. The van der Waals surface area contributed by atoms with Crippen LogP contribution in [0.3, 0.4) is 0 Å². The highest BCUT2D eigenvalue weighted by molar-refractivity contribution is 5.95. The van der Waals surface area contributed by atoms with E-state index in [0.29, 0.717) is 35.5 Å². The van der Waals surface area contributed by atoms with E-state index in [1.54, 1.807) is 22.7 Å². The molecule has 2 heterocycles. The highest BCUT2D eigenvalue weighted by Crippen LogP contribution is 2.59. The van der Waals surface area contributed by atoms with E-state index in [-0.39, 0.29) is 11.8 Å². The van der Waals surface area contributed by atoms with Crippen molar-refractivity contribution in [2.75, 3.05) is 19.6 Å². The van der Waals surface area contributed by atoms with Crippen molar-refractivity contribution in [3.8, 4) is 0 Å². The predicted octanol–water partition coefficient (Wildman–Crippen LogP) is 1.97. The van der Waals surface area contributed by atoms with E-state index in [2.05, 4.69) is 15.6 Å². The number of imidazole rings is 1. The Morgan fingerprint density at radius 1 is 1.07 bits per heavy atom. The molecule has 0 saturated heterocycles. The van der Waals surface area contributed by atoms with Crippen molar-refractivity contribution in [1.82, 2.24) is 20.0 Å². The molecule has 0 radical (unpaired) electrons. The first-order valence-corrected chi connectivity index (χ1v) is 10.8. The summed E-state index contributed by atoms with van der Waals surface area (Å²) < 4.78 is 1.70. The Morgan fingerprint density at radius 3 is 2.41 bits per heavy atom. The van der Waals surface area contributed by atoms with Crippen LogP contribution in [0, 0.1) is 23.2 Å². The number of hydrogen-bond acceptors (Lipinski definition) is 4. The summed E-state index contributed by atoms with van der Waals surface area (Å²) >= 11 is 0. The van der Waals surface area contributed by atoms with Crippen LogP contribution in [-0.2, 0) is 0 Å². The Kier molecular flexibility index (Phi) is 4.57. The summed E-state index contributed by atoms with van der Waals surface area (Å²) in [6.45, 7) is 1.52. The van der Waals surface area contributed by atoms with Gasteiger partial charge in [0.15, 0.2) is 0 Å². The second-order valence-corrected chi connectivity index (χ2v) is 9.41. The lowest BCUT2D eigenvalue weighted by Gasteiger charge is -2.56. The molecule has 7 heteroatoms. The van der Waals surface area contributed by atoms with Crippen LogP contribution in [0.5, 0.6) is 0 Å². The van der Waals surface area contributed by atoms with Crippen molar-refractivity contribution < 1.29 is 9.59 Å². The van der Waals surface area contributed by atoms with Crippen molar-refractivity contribution in [3.05, 3.63) is 35.8 Å². The second kappa shape index (κ2) is 7.13. The quantitative estimate of drug-likeness (QED) is 0.696. The Balaban J connectivity index is 1.32. The number of nitrogens with one attached hydrogen (secondary N) is 2. The molecule has 2 aromatic heterocycles. The van der Waals surface area contributed by atoms with Crippen LogP contribution in [-0.4, -0.2) is 40.8 Å². The third-order valence-corrected chi connectivity index (χ3v) is 7.18. The number of hydrogen-bond donors (Lipinski definition) is 3. The van der Waals surface area contributed by atoms with E-state index in [0.717, 1.165) is 24.3 Å². The summed E-state index contributed by atoms with van der Waals surface area (Å²) in [5.41, 5.74) is 7.13. The summed E-state index contributed by atoms with van der Waals surface area (Å²) in [7, 11) is 0. The standard InChI is InChI=1S/C22H29N5O2/c23-4-5-24-20(28)17-12-27-18(2-1-3-19(27)26-17)21(29)25-13-22-9-14-6-15(10-22)8-16(7-14)11-22/h1-3,12,14-16H,4-11,13,23H2,(H,24,28)(H,25,29). The van der Waals surface area contributed by atoms with Crippen LogP contribution in [0.25, 0.3) is 5.65 Å². The van der Waals surface area contributed by atoms with Crippen molar-refractivity contribution in [1.29, 1.82) is 0 Å². The molecule has 154 valence electrons. The van der Waals surface area contributed by atoms with Gasteiger partial charge < -0.3 is 16.4 Å². The van der Waals surface area contributed by atoms with Crippen LogP contribution >= 0.6 is 0 Å². The van der Waals surface area contributed by atoms with Gasteiger partial charge in [-0.25, -0.2) is 4.98 Å². The highest BCUT2D eigenvalue weighted by Gasteiger charge is 2.50. The first kappa shape index (κ1) is 18.6. The van der Waals surface area contributed by atoms with Gasteiger partial charge in [-0.2, -0.15) is 0 Å². The molecule has 4 fully saturated rings. The fourth-order valence-corrected chi connectivity index (χ4v) is 6.45. The fourth-order valence-electron chi connectivity index (χ4n) is 6.45. The summed E-state index contributed by atoms with van der Waals surface area (Å²) in [6.07, 6.45) is 9.62. The molecule has 2 amide bonds. The number of carbonyl (C=O) groups is 2. The summed E-state index contributed by atoms with van der Waals surface area (Å²) in [6, 6.07) is 5.39. The van der Waals surface area contributed by atoms with Gasteiger partial charge in [-0.3, -0.25) is 14.0 Å². The molecule has 0 aliphatic heterocycles. The molecule has 2 aromatic rings. The minimum atomic E-state index is -0.279. The molecule has 0 spiro atoms. The van der Waals surface area contributed by atoms with Gasteiger partial charge in [0.25, 0.3) is 11.8 Å². The minimum Gasteiger partial charge on any atom is -0.350 e. The summed E-state index contributed by atoms with van der Waals surface area (Å²) in [5.74, 6) is 2.22. The Morgan fingerprint density at radius 2 is 1.76 bits per heavy atom. The topological polar surface area (TPSA) is 102 Å². The van der Waals surface area contributed by atoms with Gasteiger partial charge in [-0.1, -0.05) is 6.07 Å². The monoisotopic (exact) mass is 395 g/mol. The zero-order chi connectivity index (χ0) is 20.0. The number of fused-ring (bicyclic) bond motifs is 1. The molecule has 0 aromatic carbocycles. The maximum absolute atomic E-state index is 13.0. The Labute approximate surface area is 170 Å². The van der Waals surface area contributed by atoms with Gasteiger partial charge >= 0.3 is 0 Å². The van der Waals surface area contributed by atoms with Gasteiger partial charge in [0.2, 0.25) is 0 Å². The average Bonchev–Trinajstić information content (AvgIpc) is 3.14. The van der Waals surface area contributed by atoms with Crippen molar-refractivity contribution in [2.24, 2.45) is 28.9 Å². The highest BCUT2D eigenvalue weighted by atomic mass is 16.2. The molecular formula is C22H29N5O2. The van der Waals surface area contributed by atoms with Crippen LogP contribution in [0.15, 0.2) is 24.4 Å². The van der Waals surface area contributed by atoms with Gasteiger partial charge in [0, 0.05) is 25.8 Å². The lowest BCUT2D eigenvalue weighted by atomic mass is 9.49. The molecule has 0 unspecified atom stereocenters. The first-order chi connectivity index (χ1) is 14.0. The molecule has 29 heavy (non-hydrogen) atoms. The van der Waals surface area contributed by atoms with Gasteiger partial charge in [-0.15, -0.1) is 0 Å². The third kappa shape index (κ3) is 3.41. The van der Waals surface area contributed by atoms with Gasteiger partial charge in [-0.05, 0) is 73.8 Å². The zero-order valence-corrected chi connectivity index (χ0v) is 16.7. The number of pyridine rings is 1. The van der Waals surface area contributed by atoms with Crippen molar-refractivity contribution in [3.63, 3.8) is 0 Å². The molecule has 4 aliphatic rings. The number of nitrogens with zero attached hydrogens (tertiary/aromatic N) is 2. The van der Waals surface area contributed by atoms with E-state index >= 15 is 0 Å². The third-order valence-electron chi connectivity index (χ3n) is 7.18. The van der Waals surface area contributed by atoms with Crippen LogP contribution in [0.4, 0.5) is 0 Å². The average molecular weight is 396 g/mol. The maximum Gasteiger partial charge on any atom is 0.271 e. The summed E-state index contributed by atoms with van der Waals surface area (Å²) in [5, 5.41) is 5.93. The summed E-state index contributed by atoms with van der Waals surface area (Å²) in [4.78, 5) is 29.6. The lowest BCUT2D eigenvalue weighted by molar-refractivity contribution is -0.0503. The minimum absolute atomic E-state index is 0.0994. The maximum atomic E-state index is 13.0. The van der Waals surface area contributed by atoms with E-state index in [9.17, 15) is 9.59 Å². The van der Waals surface area contributed by atoms with Crippen LogP contribution in [0.2, 0.25) is 0 Å². The van der Waals surface area contributed by atoms with E-state index < -0.39 is 0 Å². The molecule has 4 bridgehead atoms. The number of amides is 2. The number of rotatable bonds is 6. The molecule has 0 atom stereocenters. The number of carbonyl (C=O) groups excluding carboxylic acids is 2. The smallest absolute Gasteiger partial charge is 0.271 e. The molecule has 4 N–H and O–H groups in total. The fraction of sp³-hybridized carbons (Fsp3) is 0.591. The first-order valence-electron chi connectivity index (χ1n) is 10.8. The number of aromatic nitrogens is 2. The van der Waals surface area contributed by atoms with Crippen LogP contribution in [0.1, 0.15) is 59.5 Å². The van der Waals surface area contributed by atoms with E-state index in [1.165, 1.54) is 38.5 Å². The Hall–Kier alpha value is -2.41. The largest absolute Gasteiger partial charge is 0.350 e. The molecule has 6 rings (SSSR count). The van der Waals surface area contributed by atoms with Crippen molar-refractivity contribution in [2.45, 2.75) is 38.5 Å². The lowest BCUT2D eigenvalue weighted by Crippen LogP contribution is -2.51. The van der Waals surface area contributed by atoms with Gasteiger partial charge in [0.1, 0.15) is 17.0 Å². The predicted molar refractivity (Wildman–Crippen MR) is 110 cm³/mol. The van der Waals surface area contributed by atoms with E-state index in [1.807, 2.05) is 6.07 Å². The van der Waals surface area contributed by atoms with Crippen LogP contribution < -0.4 is 16.4 Å².